The van der Waals surface area contributed by atoms with Crippen LogP contribution in [0, 0.1) is 0 Å². The van der Waals surface area contributed by atoms with Crippen molar-refractivity contribution in [3.63, 3.8) is 0 Å². The molecule has 2 aliphatic heterocycles. The summed E-state index contributed by atoms with van der Waals surface area (Å²) in [7, 11) is 0. The fraction of sp³-hybridized carbons (Fsp3) is 0.385. The number of aromatic amines is 1. The molecule has 0 saturated carbocycles. The van der Waals surface area contributed by atoms with Gasteiger partial charge >= 0.3 is 6.03 Å². The molecule has 6 rings (SSSR count). The van der Waals surface area contributed by atoms with Crippen molar-refractivity contribution in [1.29, 1.82) is 0 Å². The number of H-pyrrole nitrogens is 1. The highest BCUT2D eigenvalue weighted by atomic mass is 32.1. The van der Waals surface area contributed by atoms with Crippen LogP contribution in [0.4, 0.5) is 16.3 Å². The fourth-order valence-corrected chi connectivity index (χ4v) is 5.76. The molecule has 2 aliphatic rings. The number of rotatable bonds is 5. The van der Waals surface area contributed by atoms with Crippen molar-refractivity contribution in [2.75, 3.05) is 51.1 Å². The summed E-state index contributed by atoms with van der Waals surface area (Å²) < 4.78 is 1.13. The van der Waals surface area contributed by atoms with Crippen LogP contribution in [0.2, 0.25) is 0 Å². The third kappa shape index (κ3) is 4.54. The van der Waals surface area contributed by atoms with E-state index in [0.29, 0.717) is 6.54 Å². The molecule has 0 aliphatic carbocycles. The molecule has 0 spiro atoms. The minimum absolute atomic E-state index is 0.161. The lowest BCUT2D eigenvalue weighted by atomic mass is 10.0. The minimum atomic E-state index is 0.161. The molecule has 2 N–H and O–H groups in total. The van der Waals surface area contributed by atoms with Crippen LogP contribution in [-0.2, 0) is 0 Å². The van der Waals surface area contributed by atoms with Gasteiger partial charge in [-0.05, 0) is 49.2 Å². The maximum atomic E-state index is 13.1. The lowest BCUT2D eigenvalue weighted by Gasteiger charge is -2.38. The van der Waals surface area contributed by atoms with Crippen LogP contribution in [0.1, 0.15) is 25.5 Å². The van der Waals surface area contributed by atoms with Crippen LogP contribution in [0.5, 0.6) is 0 Å². The molecule has 0 radical (unpaired) electrons. The Kier molecular flexibility index (Phi) is 6.28. The molecule has 10 heteroatoms. The third-order valence-corrected chi connectivity index (χ3v) is 7.82. The Hall–Kier alpha value is -3.50. The van der Waals surface area contributed by atoms with E-state index in [1.54, 1.807) is 17.7 Å². The van der Waals surface area contributed by atoms with Crippen LogP contribution in [0.15, 0.2) is 42.2 Å². The van der Waals surface area contributed by atoms with Crippen molar-refractivity contribution < 1.29 is 4.79 Å². The number of thiazole rings is 1. The molecule has 4 aromatic rings. The first kappa shape index (κ1) is 22.9. The quantitative estimate of drug-likeness (QED) is 0.416. The van der Waals surface area contributed by atoms with Gasteiger partial charge in [-0.15, -0.1) is 11.3 Å². The Bertz CT molecular complexity index is 1420. The van der Waals surface area contributed by atoms with Crippen LogP contribution in [0.3, 0.4) is 0 Å². The summed E-state index contributed by atoms with van der Waals surface area (Å²) in [5.74, 6) is 0.766. The summed E-state index contributed by atoms with van der Waals surface area (Å²) >= 11 is 1.62. The zero-order valence-corrected chi connectivity index (χ0v) is 21.2. The predicted octanol–water partition coefficient (Wildman–Crippen LogP) is 4.55. The number of fused-ring (bicyclic) bond motifs is 2. The molecular formula is C26H30N8OS. The van der Waals surface area contributed by atoms with Gasteiger partial charge in [0.2, 0.25) is 0 Å². The molecule has 1 fully saturated rings. The van der Waals surface area contributed by atoms with E-state index >= 15 is 0 Å². The average molecular weight is 503 g/mol. The number of carbonyl (C=O) groups is 1. The first-order chi connectivity index (χ1) is 17.7. The van der Waals surface area contributed by atoms with Crippen LogP contribution < -0.4 is 5.32 Å². The maximum Gasteiger partial charge on any atom is 0.320 e. The Balaban J connectivity index is 1.15. The molecule has 9 nitrogen and oxygen atoms in total. The maximum absolute atomic E-state index is 13.1. The van der Waals surface area contributed by atoms with Gasteiger partial charge in [-0.1, -0.05) is 13.0 Å². The third-order valence-electron chi connectivity index (χ3n) is 7.03. The normalized spacial score (nSPS) is 17.1. The number of benzene rings is 1. The molecular weight excluding hydrogens is 472 g/mol. The van der Waals surface area contributed by atoms with Gasteiger partial charge < -0.3 is 20.1 Å². The molecule has 1 aromatic carbocycles. The van der Waals surface area contributed by atoms with E-state index in [9.17, 15) is 4.79 Å². The average Bonchev–Trinajstić information content (AvgIpc) is 3.57. The van der Waals surface area contributed by atoms with Gasteiger partial charge in [0.05, 0.1) is 21.1 Å². The number of hydrogen-bond donors (Lipinski definition) is 2. The molecule has 36 heavy (non-hydrogen) atoms. The van der Waals surface area contributed by atoms with Crippen LogP contribution in [0.25, 0.3) is 26.8 Å². The summed E-state index contributed by atoms with van der Waals surface area (Å²) in [6.45, 7) is 8.25. The van der Waals surface area contributed by atoms with Gasteiger partial charge in [0.1, 0.15) is 17.8 Å². The van der Waals surface area contributed by atoms with Crippen molar-refractivity contribution >= 4 is 55.7 Å². The standard InChI is InChI=1S/C26H30N8OS/c1-2-7-32-10-12-34(13-11-32)26(35)33-8-5-18(6-9-33)22-15-20-24(27-16-28-25(20)31-22)30-19-3-4-21-23(14-19)36-17-29-21/h3-5,14-17H,2,6-13H2,1H3,(H2,27,28,30,31). The van der Waals surface area contributed by atoms with Crippen molar-refractivity contribution in [2.45, 2.75) is 19.8 Å². The molecule has 3 aromatic heterocycles. The number of aromatic nitrogens is 4. The van der Waals surface area contributed by atoms with E-state index < -0.39 is 0 Å². The van der Waals surface area contributed by atoms with Crippen molar-refractivity contribution in [2.24, 2.45) is 0 Å². The lowest BCUT2D eigenvalue weighted by Crippen LogP contribution is -2.53. The van der Waals surface area contributed by atoms with E-state index in [2.05, 4.69) is 55.3 Å². The molecule has 186 valence electrons. The second-order valence-electron chi connectivity index (χ2n) is 9.36. The van der Waals surface area contributed by atoms with E-state index in [-0.39, 0.29) is 6.03 Å². The van der Waals surface area contributed by atoms with E-state index in [1.165, 1.54) is 5.57 Å². The summed E-state index contributed by atoms with van der Waals surface area (Å²) in [5.41, 5.74) is 6.86. The Labute approximate surface area is 213 Å². The fourth-order valence-electron chi connectivity index (χ4n) is 5.05. The van der Waals surface area contributed by atoms with Crippen molar-refractivity contribution in [3.05, 3.63) is 47.9 Å². The second-order valence-corrected chi connectivity index (χ2v) is 10.3. The number of hydrogen-bond acceptors (Lipinski definition) is 7. The largest absolute Gasteiger partial charge is 0.340 e. The first-order valence-electron chi connectivity index (χ1n) is 12.6. The number of urea groups is 1. The van der Waals surface area contributed by atoms with E-state index in [4.69, 9.17) is 0 Å². The molecule has 1 saturated heterocycles. The second kappa shape index (κ2) is 9.87. The summed E-state index contributed by atoms with van der Waals surface area (Å²) in [5, 5.41) is 4.39. The van der Waals surface area contributed by atoms with E-state index in [0.717, 1.165) is 90.6 Å². The number of carbonyl (C=O) groups excluding carboxylic acids is 1. The van der Waals surface area contributed by atoms with Crippen LogP contribution >= 0.6 is 11.3 Å². The highest BCUT2D eigenvalue weighted by Gasteiger charge is 2.26. The number of piperazine rings is 1. The number of amides is 2. The zero-order valence-electron chi connectivity index (χ0n) is 20.4. The molecule has 0 atom stereocenters. The Morgan fingerprint density at radius 2 is 1.97 bits per heavy atom. The highest BCUT2D eigenvalue weighted by molar-refractivity contribution is 7.16. The molecule has 0 bridgehead atoms. The topological polar surface area (TPSA) is 93.3 Å². The monoisotopic (exact) mass is 502 g/mol. The Morgan fingerprint density at radius 1 is 1.08 bits per heavy atom. The molecule has 2 amide bonds. The van der Waals surface area contributed by atoms with Gasteiger partial charge in [-0.2, -0.15) is 0 Å². The van der Waals surface area contributed by atoms with Crippen molar-refractivity contribution in [3.8, 4) is 0 Å². The Morgan fingerprint density at radius 3 is 2.78 bits per heavy atom. The van der Waals surface area contributed by atoms with Gasteiger partial charge in [0.15, 0.2) is 0 Å². The summed E-state index contributed by atoms with van der Waals surface area (Å²) in [6, 6.07) is 8.39. The summed E-state index contributed by atoms with van der Waals surface area (Å²) in [6.07, 6.45) is 5.71. The van der Waals surface area contributed by atoms with Gasteiger partial charge in [0.25, 0.3) is 0 Å². The smallest absolute Gasteiger partial charge is 0.320 e. The molecule has 5 heterocycles. The predicted molar refractivity (Wildman–Crippen MR) is 145 cm³/mol. The zero-order chi connectivity index (χ0) is 24.5. The number of anilines is 2. The minimum Gasteiger partial charge on any atom is -0.340 e. The van der Waals surface area contributed by atoms with Gasteiger partial charge in [0, 0.05) is 50.6 Å². The number of nitrogens with one attached hydrogen (secondary N) is 2. The van der Waals surface area contributed by atoms with Crippen LogP contribution in [-0.4, -0.2) is 86.5 Å². The van der Waals surface area contributed by atoms with Crippen molar-refractivity contribution in [1.82, 2.24) is 34.6 Å². The van der Waals surface area contributed by atoms with Gasteiger partial charge in [-0.3, -0.25) is 4.90 Å². The molecule has 0 unspecified atom stereocenters. The highest BCUT2D eigenvalue weighted by Crippen LogP contribution is 2.30. The lowest BCUT2D eigenvalue weighted by molar-refractivity contribution is 0.115. The van der Waals surface area contributed by atoms with E-state index in [1.807, 2.05) is 27.4 Å². The number of nitrogens with zero attached hydrogens (tertiary/aromatic N) is 6. The summed E-state index contributed by atoms with van der Waals surface area (Å²) in [4.78, 5) is 36.2. The first-order valence-corrected chi connectivity index (χ1v) is 13.5. The SMILES string of the molecule is CCCN1CCN(C(=O)N2CC=C(c3cc4c(Nc5ccc6ncsc6c5)ncnc4[nH]3)CC2)CC1. The van der Waals surface area contributed by atoms with Gasteiger partial charge in [-0.25, -0.2) is 19.7 Å².